The Morgan fingerprint density at radius 2 is 2.00 bits per heavy atom. The highest BCUT2D eigenvalue weighted by Crippen LogP contribution is 2.15. The SMILES string of the molecule is Cc1nnnn1-c1cccc(NC(=O)CCn2ncc(=O)c3ccccc32)c1. The lowest BCUT2D eigenvalue weighted by Gasteiger charge is -2.10. The first-order valence-electron chi connectivity index (χ1n) is 8.72. The molecule has 0 radical (unpaired) electrons. The molecule has 0 fully saturated rings. The number of carbonyl (C=O) groups excluding carboxylic acids is 1. The van der Waals surface area contributed by atoms with Gasteiger partial charge in [0, 0.05) is 17.5 Å². The molecule has 0 atom stereocenters. The van der Waals surface area contributed by atoms with Crippen molar-refractivity contribution in [1.82, 2.24) is 30.0 Å². The molecule has 0 unspecified atom stereocenters. The van der Waals surface area contributed by atoms with E-state index < -0.39 is 0 Å². The van der Waals surface area contributed by atoms with Crippen molar-refractivity contribution in [3.8, 4) is 5.69 Å². The molecule has 9 heteroatoms. The van der Waals surface area contributed by atoms with E-state index in [9.17, 15) is 9.59 Å². The largest absolute Gasteiger partial charge is 0.326 e. The first kappa shape index (κ1) is 17.5. The van der Waals surface area contributed by atoms with Crippen LogP contribution in [0.3, 0.4) is 0 Å². The molecule has 0 aliphatic carbocycles. The van der Waals surface area contributed by atoms with Crippen molar-refractivity contribution in [3.05, 3.63) is 70.8 Å². The first-order valence-corrected chi connectivity index (χ1v) is 8.72. The Bertz CT molecular complexity index is 1210. The standard InChI is InChI=1S/C19H17N7O2/c1-13-22-23-24-26(13)15-6-4-5-14(11-15)21-19(28)9-10-25-17-8-3-2-7-16(17)18(27)12-20-25/h2-8,11-12H,9-10H2,1H3,(H,21,28). The van der Waals surface area contributed by atoms with E-state index in [0.717, 1.165) is 5.69 Å². The summed E-state index contributed by atoms with van der Waals surface area (Å²) in [6.07, 6.45) is 1.49. The number of rotatable bonds is 5. The number of hydrogen-bond acceptors (Lipinski definition) is 6. The lowest BCUT2D eigenvalue weighted by molar-refractivity contribution is -0.116. The maximum absolute atomic E-state index is 12.4. The van der Waals surface area contributed by atoms with E-state index in [-0.39, 0.29) is 17.8 Å². The number of fused-ring (bicyclic) bond motifs is 1. The Morgan fingerprint density at radius 1 is 1.14 bits per heavy atom. The van der Waals surface area contributed by atoms with Gasteiger partial charge in [0.25, 0.3) is 0 Å². The summed E-state index contributed by atoms with van der Waals surface area (Å²) in [4.78, 5) is 24.3. The van der Waals surface area contributed by atoms with Crippen LogP contribution in [0.25, 0.3) is 16.6 Å². The molecule has 0 bridgehead atoms. The Kier molecular flexibility index (Phi) is 4.63. The van der Waals surface area contributed by atoms with Gasteiger partial charge in [0.2, 0.25) is 11.3 Å². The molecule has 4 aromatic rings. The van der Waals surface area contributed by atoms with E-state index in [0.29, 0.717) is 29.0 Å². The minimum Gasteiger partial charge on any atom is -0.326 e. The molecular formula is C19H17N7O2. The second kappa shape index (κ2) is 7.39. The van der Waals surface area contributed by atoms with E-state index in [1.54, 1.807) is 40.6 Å². The van der Waals surface area contributed by atoms with E-state index in [4.69, 9.17) is 0 Å². The van der Waals surface area contributed by atoms with Crippen molar-refractivity contribution < 1.29 is 4.79 Å². The molecule has 9 nitrogen and oxygen atoms in total. The number of nitrogens with one attached hydrogen (secondary N) is 1. The summed E-state index contributed by atoms with van der Waals surface area (Å²) in [5.41, 5.74) is 1.98. The number of nitrogens with zero attached hydrogens (tertiary/aromatic N) is 6. The van der Waals surface area contributed by atoms with Crippen LogP contribution < -0.4 is 10.7 Å². The Labute approximate surface area is 159 Å². The van der Waals surface area contributed by atoms with Crippen molar-refractivity contribution in [2.75, 3.05) is 5.32 Å². The lowest BCUT2D eigenvalue weighted by atomic mass is 10.2. The highest BCUT2D eigenvalue weighted by molar-refractivity contribution is 5.91. The summed E-state index contributed by atoms with van der Waals surface area (Å²) in [6, 6.07) is 14.5. The second-order valence-corrected chi connectivity index (χ2v) is 6.24. The average Bonchev–Trinajstić information content (AvgIpc) is 3.14. The summed E-state index contributed by atoms with van der Waals surface area (Å²) >= 11 is 0. The zero-order chi connectivity index (χ0) is 19.5. The number of amides is 1. The Balaban J connectivity index is 1.47. The highest BCUT2D eigenvalue weighted by atomic mass is 16.1. The van der Waals surface area contributed by atoms with Crippen molar-refractivity contribution in [2.24, 2.45) is 0 Å². The van der Waals surface area contributed by atoms with Crippen LogP contribution in [0.5, 0.6) is 0 Å². The smallest absolute Gasteiger partial charge is 0.226 e. The molecule has 0 saturated carbocycles. The fraction of sp³-hybridized carbons (Fsp3) is 0.158. The molecule has 28 heavy (non-hydrogen) atoms. The van der Waals surface area contributed by atoms with Gasteiger partial charge in [-0.3, -0.25) is 14.3 Å². The second-order valence-electron chi connectivity index (χ2n) is 6.24. The van der Waals surface area contributed by atoms with Gasteiger partial charge >= 0.3 is 0 Å². The number of aromatic nitrogens is 6. The van der Waals surface area contributed by atoms with Crippen LogP contribution in [0.4, 0.5) is 5.69 Å². The highest BCUT2D eigenvalue weighted by Gasteiger charge is 2.09. The van der Waals surface area contributed by atoms with Gasteiger partial charge in [0.15, 0.2) is 5.82 Å². The van der Waals surface area contributed by atoms with Crippen LogP contribution in [0.15, 0.2) is 59.5 Å². The quantitative estimate of drug-likeness (QED) is 0.569. The van der Waals surface area contributed by atoms with Gasteiger partial charge in [-0.05, 0) is 47.7 Å². The van der Waals surface area contributed by atoms with Crippen LogP contribution in [0, 0.1) is 6.92 Å². The van der Waals surface area contributed by atoms with Crippen molar-refractivity contribution in [1.29, 1.82) is 0 Å². The van der Waals surface area contributed by atoms with Crippen molar-refractivity contribution in [2.45, 2.75) is 19.9 Å². The van der Waals surface area contributed by atoms with E-state index >= 15 is 0 Å². The topological polar surface area (TPSA) is 108 Å². The Morgan fingerprint density at radius 3 is 2.82 bits per heavy atom. The maximum atomic E-state index is 12.4. The molecule has 1 N–H and O–H groups in total. The van der Waals surface area contributed by atoms with Gasteiger partial charge in [0.05, 0.1) is 23.9 Å². The van der Waals surface area contributed by atoms with Crippen LogP contribution in [0.2, 0.25) is 0 Å². The lowest BCUT2D eigenvalue weighted by Crippen LogP contribution is -2.18. The van der Waals surface area contributed by atoms with Crippen molar-refractivity contribution >= 4 is 22.5 Å². The molecule has 0 aliphatic rings. The minimum absolute atomic E-state index is 0.133. The molecular weight excluding hydrogens is 358 g/mol. The number of para-hydroxylation sites is 1. The third-order valence-corrected chi connectivity index (χ3v) is 4.31. The Hall–Kier alpha value is -3.88. The summed E-state index contributed by atoms with van der Waals surface area (Å²) in [5, 5.41) is 19.0. The van der Waals surface area contributed by atoms with Gasteiger partial charge in [-0.2, -0.15) is 9.78 Å². The number of hydrogen-bond donors (Lipinski definition) is 1. The van der Waals surface area contributed by atoms with Crippen molar-refractivity contribution in [3.63, 3.8) is 0 Å². The van der Waals surface area contributed by atoms with Gasteiger partial charge in [-0.15, -0.1) is 5.10 Å². The zero-order valence-electron chi connectivity index (χ0n) is 15.1. The van der Waals surface area contributed by atoms with Gasteiger partial charge < -0.3 is 5.32 Å². The molecule has 140 valence electrons. The minimum atomic E-state index is -0.157. The van der Waals surface area contributed by atoms with E-state index in [2.05, 4.69) is 25.9 Å². The summed E-state index contributed by atoms with van der Waals surface area (Å²) < 4.78 is 3.25. The molecule has 0 aliphatic heterocycles. The van der Waals surface area contributed by atoms with Gasteiger partial charge in [-0.25, -0.2) is 0 Å². The van der Waals surface area contributed by atoms with Gasteiger partial charge in [-0.1, -0.05) is 18.2 Å². The van der Waals surface area contributed by atoms with Crippen LogP contribution in [0.1, 0.15) is 12.2 Å². The maximum Gasteiger partial charge on any atom is 0.226 e. The normalized spacial score (nSPS) is 10.9. The van der Waals surface area contributed by atoms with E-state index in [1.807, 2.05) is 24.3 Å². The van der Waals surface area contributed by atoms with Gasteiger partial charge in [0.1, 0.15) is 0 Å². The zero-order valence-corrected chi connectivity index (χ0v) is 15.1. The average molecular weight is 375 g/mol. The van der Waals surface area contributed by atoms with Crippen LogP contribution in [-0.2, 0) is 11.3 Å². The molecule has 2 aromatic heterocycles. The monoisotopic (exact) mass is 375 g/mol. The third kappa shape index (κ3) is 3.50. The number of aryl methyl sites for hydroxylation is 2. The fourth-order valence-corrected chi connectivity index (χ4v) is 2.96. The summed E-state index contributed by atoms with van der Waals surface area (Å²) in [6.45, 7) is 2.16. The number of carbonyl (C=O) groups is 1. The third-order valence-electron chi connectivity index (χ3n) is 4.31. The van der Waals surface area contributed by atoms with E-state index in [1.165, 1.54) is 6.20 Å². The summed E-state index contributed by atoms with van der Waals surface area (Å²) in [5.74, 6) is 0.495. The molecule has 2 aromatic carbocycles. The first-order chi connectivity index (χ1) is 13.6. The number of anilines is 1. The summed E-state index contributed by atoms with van der Waals surface area (Å²) in [7, 11) is 0. The van der Waals surface area contributed by atoms with Crippen LogP contribution in [-0.4, -0.2) is 35.9 Å². The van der Waals surface area contributed by atoms with Crippen LogP contribution >= 0.6 is 0 Å². The molecule has 1 amide bonds. The predicted molar refractivity (Wildman–Crippen MR) is 103 cm³/mol. The molecule has 0 saturated heterocycles. The fourth-order valence-electron chi connectivity index (χ4n) is 2.96. The predicted octanol–water partition coefficient (Wildman–Crippen LogP) is 1.71. The number of benzene rings is 2. The molecule has 4 rings (SSSR count). The molecule has 2 heterocycles. The molecule has 0 spiro atoms. The number of tetrazole rings is 1.